The van der Waals surface area contributed by atoms with E-state index in [-0.39, 0.29) is 11.9 Å². The van der Waals surface area contributed by atoms with Gasteiger partial charge < -0.3 is 13.9 Å². The van der Waals surface area contributed by atoms with Gasteiger partial charge in [-0.3, -0.25) is 4.79 Å². The van der Waals surface area contributed by atoms with Gasteiger partial charge in [-0.2, -0.15) is 4.98 Å². The van der Waals surface area contributed by atoms with E-state index < -0.39 is 0 Å². The Hall–Kier alpha value is -2.18. The predicted molar refractivity (Wildman–Crippen MR) is 84.3 cm³/mol. The van der Waals surface area contributed by atoms with Gasteiger partial charge in [0.05, 0.1) is 12.1 Å². The third-order valence-electron chi connectivity index (χ3n) is 5.02. The molecular formula is C17H22N4O3. The molecule has 0 aromatic carbocycles. The average molecular weight is 330 g/mol. The van der Waals surface area contributed by atoms with Crippen LogP contribution in [0.15, 0.2) is 9.05 Å². The van der Waals surface area contributed by atoms with Crippen LogP contribution < -0.4 is 0 Å². The highest BCUT2D eigenvalue weighted by Gasteiger charge is 2.35. The van der Waals surface area contributed by atoms with Crippen LogP contribution in [0.1, 0.15) is 72.8 Å². The molecular weight excluding hydrogens is 308 g/mol. The van der Waals surface area contributed by atoms with Gasteiger partial charge in [-0.15, -0.1) is 0 Å². The Labute approximate surface area is 140 Å². The molecule has 1 aliphatic carbocycles. The summed E-state index contributed by atoms with van der Waals surface area (Å²) >= 11 is 0. The molecule has 1 aliphatic heterocycles. The predicted octanol–water partition coefficient (Wildman–Crippen LogP) is 2.85. The molecule has 0 radical (unpaired) electrons. The Morgan fingerprint density at radius 2 is 2.00 bits per heavy atom. The van der Waals surface area contributed by atoms with Crippen molar-refractivity contribution < 1.29 is 13.8 Å². The number of aromatic nitrogens is 3. The van der Waals surface area contributed by atoms with Crippen LogP contribution in [-0.2, 0) is 11.2 Å². The third-order valence-corrected chi connectivity index (χ3v) is 5.02. The van der Waals surface area contributed by atoms with Gasteiger partial charge >= 0.3 is 0 Å². The summed E-state index contributed by atoms with van der Waals surface area (Å²) in [5, 5.41) is 8.04. The van der Waals surface area contributed by atoms with Gasteiger partial charge in [0.25, 0.3) is 0 Å². The number of carbonyl (C=O) groups excluding carboxylic acids is 1. The van der Waals surface area contributed by atoms with E-state index in [9.17, 15) is 4.79 Å². The fourth-order valence-corrected chi connectivity index (χ4v) is 3.38. The number of hydrogen-bond acceptors (Lipinski definition) is 6. The third kappa shape index (κ3) is 2.83. The fraction of sp³-hybridized carbons (Fsp3) is 0.647. The van der Waals surface area contributed by atoms with E-state index in [2.05, 4.69) is 15.3 Å². The zero-order chi connectivity index (χ0) is 16.7. The SMILES string of the molecule is Cc1noc(C)c1CC(=O)N1CCCC[C@@H]1c1nc(C2CC2)no1. The van der Waals surface area contributed by atoms with Gasteiger partial charge in [0.15, 0.2) is 5.82 Å². The lowest BCUT2D eigenvalue weighted by molar-refractivity contribution is -0.135. The van der Waals surface area contributed by atoms with Crippen molar-refractivity contribution in [1.82, 2.24) is 20.2 Å². The summed E-state index contributed by atoms with van der Waals surface area (Å²) < 4.78 is 10.7. The molecule has 2 aromatic rings. The van der Waals surface area contributed by atoms with E-state index in [1.807, 2.05) is 18.7 Å². The second-order valence-electron chi connectivity index (χ2n) is 6.84. The smallest absolute Gasteiger partial charge is 0.249 e. The van der Waals surface area contributed by atoms with Crippen LogP contribution in [0.25, 0.3) is 0 Å². The van der Waals surface area contributed by atoms with Gasteiger partial charge in [0.1, 0.15) is 11.8 Å². The Bertz CT molecular complexity index is 727. The summed E-state index contributed by atoms with van der Waals surface area (Å²) in [5.41, 5.74) is 1.66. The average Bonchev–Trinajstić information content (AvgIpc) is 3.25. The normalized spacial score (nSPS) is 21.2. The monoisotopic (exact) mass is 330 g/mol. The molecule has 7 heteroatoms. The Morgan fingerprint density at radius 1 is 1.17 bits per heavy atom. The largest absolute Gasteiger partial charge is 0.361 e. The minimum atomic E-state index is -0.105. The zero-order valence-corrected chi connectivity index (χ0v) is 14.1. The first-order chi connectivity index (χ1) is 11.6. The molecule has 2 aromatic heterocycles. The molecule has 4 rings (SSSR count). The van der Waals surface area contributed by atoms with E-state index in [4.69, 9.17) is 9.05 Å². The Morgan fingerprint density at radius 3 is 2.71 bits per heavy atom. The van der Waals surface area contributed by atoms with Crippen molar-refractivity contribution in [1.29, 1.82) is 0 Å². The summed E-state index contributed by atoms with van der Waals surface area (Å²) in [4.78, 5) is 19.3. The highest BCUT2D eigenvalue weighted by molar-refractivity contribution is 5.79. The molecule has 0 spiro atoms. The van der Waals surface area contributed by atoms with E-state index in [0.29, 0.717) is 24.0 Å². The second kappa shape index (κ2) is 6.03. The van der Waals surface area contributed by atoms with Crippen LogP contribution in [0.2, 0.25) is 0 Å². The van der Waals surface area contributed by atoms with Crippen molar-refractivity contribution in [2.24, 2.45) is 0 Å². The van der Waals surface area contributed by atoms with Crippen molar-refractivity contribution in [3.05, 3.63) is 28.7 Å². The van der Waals surface area contributed by atoms with Gasteiger partial charge in [0, 0.05) is 18.0 Å². The number of amides is 1. The molecule has 0 unspecified atom stereocenters. The van der Waals surface area contributed by atoms with Crippen molar-refractivity contribution in [3.8, 4) is 0 Å². The maximum atomic E-state index is 12.9. The lowest BCUT2D eigenvalue weighted by Gasteiger charge is -2.33. The lowest BCUT2D eigenvalue weighted by Crippen LogP contribution is -2.39. The standard InChI is InChI=1S/C17H22N4O3/c1-10-13(11(2)23-19-10)9-15(22)21-8-4-3-5-14(21)17-18-16(20-24-17)12-6-7-12/h12,14H,3-9H2,1-2H3/t14-/m1/s1. The van der Waals surface area contributed by atoms with Crippen molar-refractivity contribution in [2.45, 2.75) is 64.3 Å². The van der Waals surface area contributed by atoms with Gasteiger partial charge in [-0.05, 0) is 46.0 Å². The summed E-state index contributed by atoms with van der Waals surface area (Å²) in [6.45, 7) is 4.44. The molecule has 24 heavy (non-hydrogen) atoms. The summed E-state index contributed by atoms with van der Waals surface area (Å²) in [6.07, 6.45) is 5.53. The highest BCUT2D eigenvalue weighted by atomic mass is 16.5. The van der Waals surface area contributed by atoms with E-state index in [1.165, 1.54) is 0 Å². The molecule has 1 saturated carbocycles. The number of nitrogens with zero attached hydrogens (tertiary/aromatic N) is 4. The first-order valence-corrected chi connectivity index (χ1v) is 8.68. The van der Waals surface area contributed by atoms with Crippen LogP contribution >= 0.6 is 0 Å². The first-order valence-electron chi connectivity index (χ1n) is 8.68. The fourth-order valence-electron chi connectivity index (χ4n) is 3.38. The highest BCUT2D eigenvalue weighted by Crippen LogP contribution is 2.39. The minimum Gasteiger partial charge on any atom is -0.361 e. The maximum Gasteiger partial charge on any atom is 0.249 e. The van der Waals surface area contributed by atoms with E-state index in [1.54, 1.807) is 0 Å². The Kier molecular flexibility index (Phi) is 3.86. The summed E-state index contributed by atoms with van der Waals surface area (Å²) in [6, 6.07) is -0.105. The molecule has 1 atom stereocenters. The van der Waals surface area contributed by atoms with Crippen LogP contribution in [0.3, 0.4) is 0 Å². The molecule has 0 bridgehead atoms. The molecule has 128 valence electrons. The number of hydrogen-bond donors (Lipinski definition) is 0. The van der Waals surface area contributed by atoms with Crippen molar-refractivity contribution in [2.75, 3.05) is 6.54 Å². The molecule has 2 fully saturated rings. The van der Waals surface area contributed by atoms with Crippen molar-refractivity contribution in [3.63, 3.8) is 0 Å². The van der Waals surface area contributed by atoms with E-state index in [0.717, 1.165) is 55.7 Å². The molecule has 7 nitrogen and oxygen atoms in total. The molecule has 0 N–H and O–H groups in total. The first kappa shape index (κ1) is 15.4. The van der Waals surface area contributed by atoms with Crippen molar-refractivity contribution >= 4 is 5.91 Å². The van der Waals surface area contributed by atoms with Crippen LogP contribution in [0, 0.1) is 13.8 Å². The molecule has 3 heterocycles. The number of likely N-dealkylation sites (tertiary alicyclic amines) is 1. The quantitative estimate of drug-likeness (QED) is 0.857. The van der Waals surface area contributed by atoms with Gasteiger partial charge in [-0.25, -0.2) is 0 Å². The maximum absolute atomic E-state index is 12.9. The van der Waals surface area contributed by atoms with Gasteiger partial charge in [-0.1, -0.05) is 10.3 Å². The molecule has 1 saturated heterocycles. The number of rotatable bonds is 4. The van der Waals surface area contributed by atoms with Gasteiger partial charge in [0.2, 0.25) is 11.8 Å². The van der Waals surface area contributed by atoms with Crippen LogP contribution in [0.4, 0.5) is 0 Å². The lowest BCUT2D eigenvalue weighted by atomic mass is 10.0. The zero-order valence-electron chi connectivity index (χ0n) is 14.1. The Balaban J connectivity index is 1.53. The molecule has 2 aliphatic rings. The minimum absolute atomic E-state index is 0.0697. The van der Waals surface area contributed by atoms with Crippen LogP contribution in [-0.4, -0.2) is 32.6 Å². The summed E-state index contributed by atoms with van der Waals surface area (Å²) in [5.74, 6) is 2.62. The molecule has 1 amide bonds. The number of carbonyl (C=O) groups is 1. The topological polar surface area (TPSA) is 85.3 Å². The van der Waals surface area contributed by atoms with E-state index >= 15 is 0 Å². The summed E-state index contributed by atoms with van der Waals surface area (Å²) in [7, 11) is 0. The number of piperidine rings is 1. The van der Waals surface area contributed by atoms with Crippen LogP contribution in [0.5, 0.6) is 0 Å². The second-order valence-corrected chi connectivity index (χ2v) is 6.84. The number of aryl methyl sites for hydroxylation is 2.